The van der Waals surface area contributed by atoms with E-state index in [4.69, 9.17) is 0 Å². The molecule has 6 nitrogen and oxygen atoms in total. The largest absolute Gasteiger partial charge is 0.373 e. The fourth-order valence-electron chi connectivity index (χ4n) is 2.08. The molecule has 1 aromatic rings. The molecule has 0 atom stereocenters. The first-order chi connectivity index (χ1) is 9.94. The lowest BCUT2D eigenvalue weighted by Gasteiger charge is -2.26. The SMILES string of the molecule is CCCc1nc(NC)c(C)c(N(CC)CC(=O)N(C)C)n1. The maximum atomic E-state index is 12.0. The highest BCUT2D eigenvalue weighted by atomic mass is 16.2. The van der Waals surface area contributed by atoms with Gasteiger partial charge in [0.05, 0.1) is 6.54 Å². The lowest BCUT2D eigenvalue weighted by molar-refractivity contribution is -0.127. The zero-order valence-electron chi connectivity index (χ0n) is 14.0. The number of hydrogen-bond acceptors (Lipinski definition) is 5. The van der Waals surface area contributed by atoms with E-state index in [2.05, 4.69) is 22.2 Å². The van der Waals surface area contributed by atoms with Gasteiger partial charge in [0.2, 0.25) is 5.91 Å². The summed E-state index contributed by atoms with van der Waals surface area (Å²) < 4.78 is 0. The molecule has 21 heavy (non-hydrogen) atoms. The minimum absolute atomic E-state index is 0.0675. The highest BCUT2D eigenvalue weighted by Gasteiger charge is 2.18. The summed E-state index contributed by atoms with van der Waals surface area (Å²) in [6.07, 6.45) is 1.83. The minimum atomic E-state index is 0.0675. The number of aromatic nitrogens is 2. The summed E-state index contributed by atoms with van der Waals surface area (Å²) >= 11 is 0. The van der Waals surface area contributed by atoms with Crippen molar-refractivity contribution in [1.82, 2.24) is 14.9 Å². The topological polar surface area (TPSA) is 61.4 Å². The van der Waals surface area contributed by atoms with E-state index >= 15 is 0 Å². The first kappa shape index (κ1) is 17.2. The van der Waals surface area contributed by atoms with Gasteiger partial charge in [0.15, 0.2) is 0 Å². The molecule has 0 spiro atoms. The number of likely N-dealkylation sites (N-methyl/N-ethyl adjacent to an activating group) is 2. The van der Waals surface area contributed by atoms with Crippen LogP contribution in [0.1, 0.15) is 31.7 Å². The van der Waals surface area contributed by atoms with Crippen LogP contribution in [-0.2, 0) is 11.2 Å². The normalized spacial score (nSPS) is 10.4. The zero-order chi connectivity index (χ0) is 16.0. The van der Waals surface area contributed by atoms with Gasteiger partial charge in [-0.05, 0) is 20.3 Å². The maximum absolute atomic E-state index is 12.0. The number of nitrogens with one attached hydrogen (secondary N) is 1. The second-order valence-corrected chi connectivity index (χ2v) is 5.24. The monoisotopic (exact) mass is 293 g/mol. The Morgan fingerprint density at radius 3 is 2.38 bits per heavy atom. The van der Waals surface area contributed by atoms with E-state index in [1.54, 1.807) is 19.0 Å². The molecule has 1 aromatic heterocycles. The predicted octanol–water partition coefficient (Wildman–Crippen LogP) is 1.69. The van der Waals surface area contributed by atoms with Gasteiger partial charge in [0, 0.05) is 39.7 Å². The van der Waals surface area contributed by atoms with Gasteiger partial charge >= 0.3 is 0 Å². The van der Waals surface area contributed by atoms with Crippen LogP contribution < -0.4 is 10.2 Å². The van der Waals surface area contributed by atoms with Crippen molar-refractivity contribution in [2.24, 2.45) is 0 Å². The Balaban J connectivity index is 3.17. The molecule has 0 unspecified atom stereocenters. The van der Waals surface area contributed by atoms with Gasteiger partial charge in [-0.15, -0.1) is 0 Å². The van der Waals surface area contributed by atoms with Gasteiger partial charge in [-0.25, -0.2) is 9.97 Å². The predicted molar refractivity (Wildman–Crippen MR) is 86.9 cm³/mol. The third-order valence-electron chi connectivity index (χ3n) is 3.38. The third kappa shape index (κ3) is 4.31. The van der Waals surface area contributed by atoms with Crippen LogP contribution in [0.2, 0.25) is 0 Å². The highest BCUT2D eigenvalue weighted by Crippen LogP contribution is 2.23. The second kappa shape index (κ2) is 7.81. The van der Waals surface area contributed by atoms with Gasteiger partial charge < -0.3 is 15.1 Å². The van der Waals surface area contributed by atoms with E-state index < -0.39 is 0 Å². The third-order valence-corrected chi connectivity index (χ3v) is 3.38. The number of carbonyl (C=O) groups excluding carboxylic acids is 1. The minimum Gasteiger partial charge on any atom is -0.373 e. The van der Waals surface area contributed by atoms with E-state index in [1.165, 1.54) is 0 Å². The average molecular weight is 293 g/mol. The number of rotatable bonds is 7. The Bertz CT molecular complexity index is 487. The molecule has 1 amide bonds. The van der Waals surface area contributed by atoms with Crippen LogP contribution in [0, 0.1) is 6.92 Å². The summed E-state index contributed by atoms with van der Waals surface area (Å²) in [6.45, 7) is 7.18. The zero-order valence-corrected chi connectivity index (χ0v) is 14.0. The molecular weight excluding hydrogens is 266 g/mol. The first-order valence-corrected chi connectivity index (χ1v) is 7.44. The highest BCUT2D eigenvalue weighted by molar-refractivity contribution is 5.81. The van der Waals surface area contributed by atoms with Crippen LogP contribution in [0.15, 0.2) is 0 Å². The molecule has 0 aliphatic carbocycles. The van der Waals surface area contributed by atoms with Crippen LogP contribution in [-0.4, -0.2) is 55.0 Å². The fourth-order valence-corrected chi connectivity index (χ4v) is 2.08. The molecule has 0 fully saturated rings. The van der Waals surface area contributed by atoms with Gasteiger partial charge in [0.1, 0.15) is 17.5 Å². The van der Waals surface area contributed by atoms with Crippen molar-refractivity contribution in [2.45, 2.75) is 33.6 Å². The fraction of sp³-hybridized carbons (Fsp3) is 0.667. The molecule has 1 heterocycles. The van der Waals surface area contributed by atoms with Crippen LogP contribution in [0.4, 0.5) is 11.6 Å². The number of aryl methyl sites for hydroxylation is 1. The van der Waals surface area contributed by atoms with Crippen LogP contribution in [0.3, 0.4) is 0 Å². The van der Waals surface area contributed by atoms with Crippen LogP contribution in [0.25, 0.3) is 0 Å². The van der Waals surface area contributed by atoms with Crippen molar-refractivity contribution in [3.63, 3.8) is 0 Å². The van der Waals surface area contributed by atoms with Gasteiger partial charge in [-0.2, -0.15) is 0 Å². The maximum Gasteiger partial charge on any atom is 0.241 e. The Labute approximate surface area is 127 Å². The molecule has 0 aliphatic heterocycles. The molecule has 0 aliphatic rings. The Morgan fingerprint density at radius 1 is 1.24 bits per heavy atom. The molecule has 118 valence electrons. The van der Waals surface area contributed by atoms with Gasteiger partial charge in [-0.3, -0.25) is 4.79 Å². The smallest absolute Gasteiger partial charge is 0.241 e. The van der Waals surface area contributed by atoms with Crippen molar-refractivity contribution in [3.8, 4) is 0 Å². The number of anilines is 2. The molecule has 0 radical (unpaired) electrons. The van der Waals surface area contributed by atoms with Gasteiger partial charge in [0.25, 0.3) is 0 Å². The summed E-state index contributed by atoms with van der Waals surface area (Å²) in [6, 6.07) is 0. The van der Waals surface area contributed by atoms with Crippen molar-refractivity contribution in [1.29, 1.82) is 0 Å². The molecule has 0 saturated carbocycles. The van der Waals surface area contributed by atoms with E-state index in [-0.39, 0.29) is 5.91 Å². The quantitative estimate of drug-likeness (QED) is 0.829. The molecule has 6 heteroatoms. The Kier molecular flexibility index (Phi) is 6.39. The summed E-state index contributed by atoms with van der Waals surface area (Å²) in [5.74, 6) is 2.56. The van der Waals surface area contributed by atoms with E-state index in [9.17, 15) is 4.79 Å². The molecule has 0 aromatic carbocycles. The molecule has 1 rings (SSSR count). The molecule has 0 bridgehead atoms. The molecule has 0 saturated heterocycles. The lowest BCUT2D eigenvalue weighted by atomic mass is 10.2. The van der Waals surface area contributed by atoms with E-state index in [0.717, 1.165) is 42.4 Å². The lowest BCUT2D eigenvalue weighted by Crippen LogP contribution is -2.37. The van der Waals surface area contributed by atoms with Crippen molar-refractivity contribution in [3.05, 3.63) is 11.4 Å². The molecule has 1 N–H and O–H groups in total. The standard InChI is InChI=1S/C15H27N5O/c1-7-9-12-17-14(16-4)11(3)15(18-12)20(8-2)10-13(21)19(5)6/h7-10H2,1-6H3,(H,16,17,18). The van der Waals surface area contributed by atoms with Crippen LogP contribution >= 0.6 is 0 Å². The molecular formula is C15H27N5O. The van der Waals surface area contributed by atoms with E-state index in [1.807, 2.05) is 25.8 Å². The number of carbonyl (C=O) groups is 1. The van der Waals surface area contributed by atoms with E-state index in [0.29, 0.717) is 6.54 Å². The van der Waals surface area contributed by atoms with Crippen molar-refractivity contribution in [2.75, 3.05) is 44.4 Å². The van der Waals surface area contributed by atoms with Crippen molar-refractivity contribution >= 4 is 17.5 Å². The van der Waals surface area contributed by atoms with Crippen molar-refractivity contribution < 1.29 is 4.79 Å². The summed E-state index contributed by atoms with van der Waals surface area (Å²) in [7, 11) is 5.39. The average Bonchev–Trinajstić information content (AvgIpc) is 2.46. The Morgan fingerprint density at radius 2 is 1.90 bits per heavy atom. The first-order valence-electron chi connectivity index (χ1n) is 7.44. The number of nitrogens with zero attached hydrogens (tertiary/aromatic N) is 4. The van der Waals surface area contributed by atoms with Gasteiger partial charge in [-0.1, -0.05) is 6.92 Å². The number of hydrogen-bond donors (Lipinski definition) is 1. The summed E-state index contributed by atoms with van der Waals surface area (Å²) in [5.41, 5.74) is 0.978. The second-order valence-electron chi connectivity index (χ2n) is 5.24. The number of amides is 1. The van der Waals surface area contributed by atoms with Crippen LogP contribution in [0.5, 0.6) is 0 Å². The summed E-state index contributed by atoms with van der Waals surface area (Å²) in [5, 5.41) is 3.12. The summed E-state index contributed by atoms with van der Waals surface area (Å²) in [4.78, 5) is 24.8. The Hall–Kier alpha value is -1.85.